The van der Waals surface area contributed by atoms with Crippen LogP contribution in [-0.2, 0) is 22.2 Å². The minimum Gasteiger partial charge on any atom is -0.325 e. The molecule has 2 aliphatic rings. The minimum atomic E-state index is -4.60. The summed E-state index contributed by atoms with van der Waals surface area (Å²) in [5.41, 5.74) is 0.504. The molecule has 0 aliphatic carbocycles. The number of piperidine rings is 1. The highest BCUT2D eigenvalue weighted by atomic mass is 19.4. The summed E-state index contributed by atoms with van der Waals surface area (Å²) < 4.78 is 68.5. The lowest BCUT2D eigenvalue weighted by Crippen LogP contribution is -2.53. The zero-order chi connectivity index (χ0) is 28.8. The highest BCUT2D eigenvalue weighted by molar-refractivity contribution is 6.08. The number of hydrogen-bond donors (Lipinski definition) is 1. The van der Waals surface area contributed by atoms with Crippen LogP contribution >= 0.6 is 0 Å². The fourth-order valence-electron chi connectivity index (χ4n) is 5.74. The highest BCUT2D eigenvalue weighted by Gasteiger charge is 2.56. The number of alkyl halides is 5. The maximum Gasteiger partial charge on any atom is 0.416 e. The molecule has 2 amide bonds. The van der Waals surface area contributed by atoms with Gasteiger partial charge in [-0.3, -0.25) is 9.59 Å². The first kappa shape index (κ1) is 29.0. The van der Waals surface area contributed by atoms with Gasteiger partial charge in [-0.05, 0) is 55.2 Å². The Balaban J connectivity index is 1.73. The van der Waals surface area contributed by atoms with Gasteiger partial charge in [-0.15, -0.1) is 0 Å². The second-order valence-corrected chi connectivity index (χ2v) is 10.9. The van der Waals surface area contributed by atoms with Crippen LogP contribution in [0, 0.1) is 25.2 Å². The Bertz CT molecular complexity index is 1230. The Labute approximate surface area is 225 Å². The second-order valence-electron chi connectivity index (χ2n) is 10.9. The zero-order valence-corrected chi connectivity index (χ0v) is 22.6. The van der Waals surface area contributed by atoms with Crippen LogP contribution in [0.15, 0.2) is 36.4 Å². The van der Waals surface area contributed by atoms with E-state index in [1.807, 2.05) is 32.0 Å². The van der Waals surface area contributed by atoms with Crippen LogP contribution in [-0.4, -0.2) is 48.8 Å². The number of amides is 2. The van der Waals surface area contributed by atoms with E-state index in [-0.39, 0.29) is 50.6 Å². The van der Waals surface area contributed by atoms with Gasteiger partial charge in [0, 0.05) is 50.4 Å². The molecule has 0 saturated carbocycles. The average Bonchev–Trinajstić information content (AvgIpc) is 3.10. The molecule has 2 aromatic rings. The summed E-state index contributed by atoms with van der Waals surface area (Å²) in [4.78, 5) is 31.1. The Hall–Kier alpha value is -3.01. The Morgan fingerprint density at radius 3 is 2.26 bits per heavy atom. The molecule has 2 atom stereocenters. The molecule has 10 heteroatoms. The number of likely N-dealkylation sites (tertiary alicyclic amines) is 1. The topological polar surface area (TPSA) is 52.7 Å². The smallest absolute Gasteiger partial charge is 0.325 e. The van der Waals surface area contributed by atoms with E-state index >= 15 is 0 Å². The molecule has 1 N–H and O–H groups in total. The Morgan fingerprint density at radius 2 is 1.69 bits per heavy atom. The number of hydrogen-bond acceptors (Lipinski definition) is 3. The third-order valence-corrected chi connectivity index (χ3v) is 8.15. The lowest BCUT2D eigenvalue weighted by molar-refractivity contribution is -0.137. The van der Waals surface area contributed by atoms with Crippen molar-refractivity contribution in [3.8, 4) is 0 Å². The zero-order valence-electron chi connectivity index (χ0n) is 22.6. The van der Waals surface area contributed by atoms with E-state index < -0.39 is 34.9 Å². The van der Waals surface area contributed by atoms with Crippen LogP contribution in [0.25, 0.3) is 0 Å². The summed E-state index contributed by atoms with van der Waals surface area (Å²) in [6.45, 7) is 7.20. The molecule has 0 radical (unpaired) electrons. The molecule has 5 nitrogen and oxygen atoms in total. The van der Waals surface area contributed by atoms with E-state index in [0.29, 0.717) is 17.7 Å². The van der Waals surface area contributed by atoms with Crippen molar-refractivity contribution in [1.29, 1.82) is 0 Å². The molecule has 212 valence electrons. The summed E-state index contributed by atoms with van der Waals surface area (Å²) in [5, 5.41) is 2.68. The fourth-order valence-corrected chi connectivity index (χ4v) is 5.74. The normalized spacial score (nSPS) is 23.8. The van der Waals surface area contributed by atoms with E-state index in [9.17, 15) is 31.5 Å². The quantitative estimate of drug-likeness (QED) is 0.434. The van der Waals surface area contributed by atoms with Gasteiger partial charge in [-0.1, -0.05) is 32.0 Å². The molecule has 2 unspecified atom stereocenters. The van der Waals surface area contributed by atoms with Crippen LogP contribution in [0.5, 0.6) is 0 Å². The van der Waals surface area contributed by atoms with E-state index in [0.717, 1.165) is 23.3 Å². The molecule has 0 aromatic heterocycles. The van der Waals surface area contributed by atoms with Crippen molar-refractivity contribution in [1.82, 2.24) is 4.90 Å². The Kier molecular flexibility index (Phi) is 7.82. The van der Waals surface area contributed by atoms with Gasteiger partial charge in [0.1, 0.15) is 0 Å². The monoisotopic (exact) mass is 551 g/mol. The van der Waals surface area contributed by atoms with Crippen molar-refractivity contribution in [2.75, 3.05) is 36.4 Å². The molecule has 4 rings (SSSR count). The predicted molar refractivity (Wildman–Crippen MR) is 140 cm³/mol. The third-order valence-electron chi connectivity index (χ3n) is 8.15. The largest absolute Gasteiger partial charge is 0.416 e. The molecular formula is C29H34F5N3O2. The molecule has 2 heterocycles. The van der Waals surface area contributed by atoms with Gasteiger partial charge in [0.05, 0.1) is 16.9 Å². The molecule has 2 fully saturated rings. The van der Waals surface area contributed by atoms with Crippen molar-refractivity contribution in [2.24, 2.45) is 11.3 Å². The van der Waals surface area contributed by atoms with Gasteiger partial charge in [-0.25, -0.2) is 8.78 Å². The molecule has 2 aromatic carbocycles. The van der Waals surface area contributed by atoms with Crippen molar-refractivity contribution < 1.29 is 31.5 Å². The Morgan fingerprint density at radius 1 is 1.08 bits per heavy atom. The molecular weight excluding hydrogens is 517 g/mol. The van der Waals surface area contributed by atoms with Gasteiger partial charge in [-0.2, -0.15) is 13.2 Å². The SMILES string of the molecule is CCc1cc(NC(=O)C2(CN3CCC(F)(F)CC3)CN(c3c(C)cccc3C)C(=O)C2C)cc(C(F)(F)F)c1. The van der Waals surface area contributed by atoms with Crippen LogP contribution in [0.2, 0.25) is 0 Å². The lowest BCUT2D eigenvalue weighted by atomic mass is 9.76. The van der Waals surface area contributed by atoms with E-state index in [1.165, 1.54) is 6.07 Å². The van der Waals surface area contributed by atoms with E-state index in [4.69, 9.17) is 0 Å². The van der Waals surface area contributed by atoms with Gasteiger partial charge in [0.2, 0.25) is 11.8 Å². The van der Waals surface area contributed by atoms with Crippen LogP contribution in [0.3, 0.4) is 0 Å². The summed E-state index contributed by atoms with van der Waals surface area (Å²) in [7, 11) is 0. The van der Waals surface area contributed by atoms with E-state index in [2.05, 4.69) is 5.32 Å². The van der Waals surface area contributed by atoms with Gasteiger partial charge in [0.25, 0.3) is 5.92 Å². The van der Waals surface area contributed by atoms with Crippen molar-refractivity contribution >= 4 is 23.2 Å². The third kappa shape index (κ3) is 5.81. The summed E-state index contributed by atoms with van der Waals surface area (Å²) in [5.74, 6) is -4.52. The van der Waals surface area contributed by atoms with Crippen molar-refractivity contribution in [3.05, 3.63) is 58.7 Å². The van der Waals surface area contributed by atoms with Crippen LogP contribution in [0.1, 0.15) is 48.9 Å². The number of benzene rings is 2. The second kappa shape index (κ2) is 10.5. The van der Waals surface area contributed by atoms with Crippen LogP contribution in [0.4, 0.5) is 33.3 Å². The molecule has 0 spiro atoms. The standard InChI is InChI=1S/C29H34F5N3O2/c1-5-21-13-22(29(32,33)34)15-23(14-21)35-26(39)27(16-36-11-9-28(30,31)10-12-36)17-37(25(38)20(27)4)24-18(2)7-6-8-19(24)3/h6-8,13-15,20H,5,9-12,16-17H2,1-4H3,(H,35,39). The van der Waals surface area contributed by atoms with Gasteiger partial charge >= 0.3 is 6.18 Å². The van der Waals surface area contributed by atoms with Crippen LogP contribution < -0.4 is 10.2 Å². The molecule has 2 saturated heterocycles. The number of nitrogens with one attached hydrogen (secondary N) is 1. The number of halogens is 5. The summed E-state index contributed by atoms with van der Waals surface area (Å²) in [6.07, 6.45) is -4.99. The number of para-hydroxylation sites is 1. The summed E-state index contributed by atoms with van der Waals surface area (Å²) in [6, 6.07) is 9.02. The minimum absolute atomic E-state index is 0.0126. The molecule has 0 bridgehead atoms. The fraction of sp³-hybridized carbons (Fsp3) is 0.517. The predicted octanol–water partition coefficient (Wildman–Crippen LogP) is 6.22. The number of carbonyl (C=O) groups is 2. The van der Waals surface area contributed by atoms with E-state index in [1.54, 1.807) is 23.6 Å². The first-order chi connectivity index (χ1) is 18.2. The first-order valence-corrected chi connectivity index (χ1v) is 13.2. The number of rotatable bonds is 6. The maximum absolute atomic E-state index is 14.1. The van der Waals surface area contributed by atoms with Crippen molar-refractivity contribution in [3.63, 3.8) is 0 Å². The lowest BCUT2D eigenvalue weighted by Gasteiger charge is -2.39. The first-order valence-electron chi connectivity index (χ1n) is 13.2. The number of nitrogens with zero attached hydrogens (tertiary/aromatic N) is 2. The number of aryl methyl sites for hydroxylation is 3. The average molecular weight is 552 g/mol. The highest BCUT2D eigenvalue weighted by Crippen LogP contribution is 2.44. The van der Waals surface area contributed by atoms with Crippen molar-refractivity contribution in [2.45, 2.75) is 59.1 Å². The number of anilines is 2. The van der Waals surface area contributed by atoms with Gasteiger partial charge in [0.15, 0.2) is 0 Å². The number of carbonyl (C=O) groups excluding carboxylic acids is 2. The molecule has 39 heavy (non-hydrogen) atoms. The molecule has 2 aliphatic heterocycles. The maximum atomic E-state index is 14.1. The summed E-state index contributed by atoms with van der Waals surface area (Å²) >= 11 is 0. The van der Waals surface area contributed by atoms with Gasteiger partial charge < -0.3 is 15.1 Å².